The largest absolute Gasteiger partial charge is 0.490 e. The minimum atomic E-state index is -3.09. The first kappa shape index (κ1) is 23.3. The molecule has 1 aromatic rings. The highest BCUT2D eigenvalue weighted by Crippen LogP contribution is 2.36. The fourth-order valence-corrected chi connectivity index (χ4v) is 4.32. The molecule has 8 nitrogen and oxygen atoms in total. The lowest BCUT2D eigenvalue weighted by Gasteiger charge is -2.29. The van der Waals surface area contributed by atoms with Crippen LogP contribution in [-0.2, 0) is 14.6 Å². The van der Waals surface area contributed by atoms with Gasteiger partial charge in [0.25, 0.3) is 5.91 Å². The fraction of sp³-hybridized carbons (Fsp3) is 0.579. The predicted octanol–water partition coefficient (Wildman–Crippen LogP) is 1.90. The summed E-state index contributed by atoms with van der Waals surface area (Å²) in [5, 5.41) is 2.88. The number of hydrogen-bond donors (Lipinski definition) is 1. The Morgan fingerprint density at radius 1 is 1.21 bits per heavy atom. The molecule has 0 aliphatic carbocycles. The quantitative estimate of drug-likeness (QED) is 0.654. The topological polar surface area (TPSA) is 102 Å². The van der Waals surface area contributed by atoms with Crippen LogP contribution in [0, 0.1) is 0 Å². The Bertz CT molecular complexity index is 845. The molecule has 0 radical (unpaired) electrons. The minimum Gasteiger partial charge on any atom is -0.490 e. The molecule has 0 saturated carbocycles. The summed E-state index contributed by atoms with van der Waals surface area (Å²) < 4.78 is 34.2. The molecule has 1 saturated heterocycles. The number of nitrogens with zero attached hydrogens (tertiary/aromatic N) is 1. The highest BCUT2D eigenvalue weighted by Gasteiger charge is 2.29. The van der Waals surface area contributed by atoms with Crippen molar-refractivity contribution in [2.75, 3.05) is 37.8 Å². The van der Waals surface area contributed by atoms with E-state index in [1.807, 2.05) is 13.8 Å². The van der Waals surface area contributed by atoms with Crippen molar-refractivity contribution in [1.29, 1.82) is 0 Å². The number of rotatable bonds is 8. The summed E-state index contributed by atoms with van der Waals surface area (Å²) in [7, 11) is -3.09. The summed E-state index contributed by atoms with van der Waals surface area (Å²) >= 11 is 6.28. The molecule has 2 rings (SSSR count). The second-order valence-electron chi connectivity index (χ2n) is 6.74. The fourth-order valence-electron chi connectivity index (χ4n) is 2.85. The Labute approximate surface area is 176 Å². The molecule has 1 fully saturated rings. The van der Waals surface area contributed by atoms with Crippen LogP contribution in [0.25, 0.3) is 0 Å². The minimum absolute atomic E-state index is 0.0635. The normalized spacial score (nSPS) is 16.8. The number of carbonyl (C=O) groups is 2. The summed E-state index contributed by atoms with van der Waals surface area (Å²) in [6, 6.07) is 2.18. The van der Waals surface area contributed by atoms with Gasteiger partial charge in [0.05, 0.1) is 29.7 Å². The third kappa shape index (κ3) is 6.24. The molecule has 1 aliphatic rings. The molecule has 29 heavy (non-hydrogen) atoms. The van der Waals surface area contributed by atoms with E-state index in [2.05, 4.69) is 5.32 Å². The maximum absolute atomic E-state index is 12.6. The predicted molar refractivity (Wildman–Crippen MR) is 111 cm³/mol. The number of amides is 2. The molecule has 0 bridgehead atoms. The van der Waals surface area contributed by atoms with Crippen molar-refractivity contribution in [3.05, 3.63) is 22.7 Å². The van der Waals surface area contributed by atoms with Crippen LogP contribution in [0.2, 0.25) is 5.02 Å². The van der Waals surface area contributed by atoms with Crippen LogP contribution in [-0.4, -0.2) is 69.0 Å². The molecular formula is C19H27ClN2O6S. The Morgan fingerprint density at radius 3 is 2.45 bits per heavy atom. The first-order valence-corrected chi connectivity index (χ1v) is 11.8. The van der Waals surface area contributed by atoms with Gasteiger partial charge < -0.3 is 19.7 Å². The van der Waals surface area contributed by atoms with Crippen molar-refractivity contribution in [1.82, 2.24) is 10.2 Å². The van der Waals surface area contributed by atoms with Gasteiger partial charge in [-0.3, -0.25) is 9.59 Å². The van der Waals surface area contributed by atoms with Gasteiger partial charge in [-0.25, -0.2) is 8.42 Å². The van der Waals surface area contributed by atoms with E-state index in [1.165, 1.54) is 17.0 Å². The van der Waals surface area contributed by atoms with Gasteiger partial charge in [-0.05, 0) is 32.4 Å². The molecule has 1 aromatic carbocycles. The summed E-state index contributed by atoms with van der Waals surface area (Å²) in [6.45, 7) is 6.43. The first-order valence-electron chi connectivity index (χ1n) is 9.57. The molecule has 1 unspecified atom stereocenters. The van der Waals surface area contributed by atoms with Crippen LogP contribution in [0.1, 0.15) is 37.6 Å². The van der Waals surface area contributed by atoms with Crippen LogP contribution in [0.4, 0.5) is 0 Å². The molecule has 2 amide bonds. The standard InChI is InChI=1S/C19H27ClN2O6S/c1-4-8-28-17-15(20)11-14(12-16(17)27-5-2)18(23)21-13(3)19(24)22-6-9-29(25,26)10-7-22/h11-13H,4-10H2,1-3H3,(H,21,23). The number of carbonyl (C=O) groups excluding carboxylic acids is 2. The lowest BCUT2D eigenvalue weighted by molar-refractivity contribution is -0.132. The van der Waals surface area contributed by atoms with Crippen LogP contribution in [0.5, 0.6) is 11.5 Å². The highest BCUT2D eigenvalue weighted by atomic mass is 35.5. The average Bonchev–Trinajstić information content (AvgIpc) is 2.66. The second kappa shape index (κ2) is 10.2. The molecule has 1 heterocycles. The third-order valence-electron chi connectivity index (χ3n) is 4.40. The van der Waals surface area contributed by atoms with Gasteiger partial charge in [-0.2, -0.15) is 0 Å². The molecule has 162 valence electrons. The molecule has 1 N–H and O–H groups in total. The summed E-state index contributed by atoms with van der Waals surface area (Å²) in [5.74, 6) is -0.199. The van der Waals surface area contributed by atoms with E-state index in [4.69, 9.17) is 21.1 Å². The molecule has 0 spiro atoms. The number of ether oxygens (including phenoxy) is 2. The van der Waals surface area contributed by atoms with Gasteiger partial charge in [0.15, 0.2) is 21.3 Å². The zero-order valence-electron chi connectivity index (χ0n) is 16.9. The van der Waals surface area contributed by atoms with Crippen molar-refractivity contribution < 1.29 is 27.5 Å². The maximum Gasteiger partial charge on any atom is 0.252 e. The average molecular weight is 447 g/mol. The van der Waals surface area contributed by atoms with Gasteiger partial charge in [0.1, 0.15) is 6.04 Å². The van der Waals surface area contributed by atoms with Gasteiger partial charge in [0, 0.05) is 18.7 Å². The molecular weight excluding hydrogens is 420 g/mol. The number of halogens is 1. The zero-order chi connectivity index (χ0) is 21.6. The van der Waals surface area contributed by atoms with E-state index in [9.17, 15) is 18.0 Å². The lowest BCUT2D eigenvalue weighted by atomic mass is 10.1. The van der Waals surface area contributed by atoms with Crippen LogP contribution >= 0.6 is 11.6 Å². The summed E-state index contributed by atoms with van der Waals surface area (Å²) in [5.41, 5.74) is 0.239. The van der Waals surface area contributed by atoms with Gasteiger partial charge in [-0.15, -0.1) is 0 Å². The molecule has 1 atom stereocenters. The van der Waals surface area contributed by atoms with E-state index in [-0.39, 0.29) is 41.1 Å². The molecule has 0 aromatic heterocycles. The van der Waals surface area contributed by atoms with Gasteiger partial charge in [-0.1, -0.05) is 18.5 Å². The van der Waals surface area contributed by atoms with Crippen molar-refractivity contribution in [3.63, 3.8) is 0 Å². The van der Waals surface area contributed by atoms with Gasteiger partial charge >= 0.3 is 0 Å². The lowest BCUT2D eigenvalue weighted by Crippen LogP contribution is -2.51. The Kier molecular flexibility index (Phi) is 8.15. The summed E-state index contributed by atoms with van der Waals surface area (Å²) in [6.07, 6.45) is 0.793. The number of nitrogens with one attached hydrogen (secondary N) is 1. The Balaban J connectivity index is 2.10. The highest BCUT2D eigenvalue weighted by molar-refractivity contribution is 7.91. The Hall–Kier alpha value is -2.00. The second-order valence-corrected chi connectivity index (χ2v) is 9.45. The Morgan fingerprint density at radius 2 is 1.86 bits per heavy atom. The first-order chi connectivity index (χ1) is 13.7. The number of benzene rings is 1. The van der Waals surface area contributed by atoms with Crippen LogP contribution in [0.15, 0.2) is 12.1 Å². The van der Waals surface area contributed by atoms with Crippen LogP contribution in [0.3, 0.4) is 0 Å². The van der Waals surface area contributed by atoms with E-state index < -0.39 is 21.8 Å². The maximum atomic E-state index is 12.6. The van der Waals surface area contributed by atoms with Crippen molar-refractivity contribution in [3.8, 4) is 11.5 Å². The van der Waals surface area contributed by atoms with E-state index in [0.717, 1.165) is 6.42 Å². The zero-order valence-corrected chi connectivity index (χ0v) is 18.4. The SMILES string of the molecule is CCCOc1c(Cl)cc(C(=O)NC(C)C(=O)N2CCS(=O)(=O)CC2)cc1OCC. The van der Waals surface area contributed by atoms with E-state index in [0.29, 0.717) is 24.7 Å². The third-order valence-corrected chi connectivity index (χ3v) is 6.29. The molecule has 10 heteroatoms. The summed E-state index contributed by atoms with van der Waals surface area (Å²) in [4.78, 5) is 26.6. The van der Waals surface area contributed by atoms with E-state index >= 15 is 0 Å². The van der Waals surface area contributed by atoms with Crippen LogP contribution < -0.4 is 14.8 Å². The van der Waals surface area contributed by atoms with Crippen molar-refractivity contribution in [2.45, 2.75) is 33.2 Å². The van der Waals surface area contributed by atoms with Crippen molar-refractivity contribution in [2.24, 2.45) is 0 Å². The molecule has 1 aliphatic heterocycles. The monoisotopic (exact) mass is 446 g/mol. The number of hydrogen-bond acceptors (Lipinski definition) is 6. The van der Waals surface area contributed by atoms with Gasteiger partial charge in [0.2, 0.25) is 5.91 Å². The smallest absolute Gasteiger partial charge is 0.252 e. The number of sulfone groups is 1. The van der Waals surface area contributed by atoms with E-state index in [1.54, 1.807) is 6.92 Å². The van der Waals surface area contributed by atoms with Crippen molar-refractivity contribution >= 4 is 33.3 Å².